The van der Waals surface area contributed by atoms with Crippen LogP contribution < -0.4 is 34.7 Å². The molecule has 0 aromatic heterocycles. The number of carbonyl (C=O) groups excluding carboxylic acids is 5. The Morgan fingerprint density at radius 3 is 1.50 bits per heavy atom. The van der Waals surface area contributed by atoms with Crippen LogP contribution in [0.3, 0.4) is 0 Å². The van der Waals surface area contributed by atoms with Crippen LogP contribution in [0.5, 0.6) is 0 Å². The van der Waals surface area contributed by atoms with Crippen molar-refractivity contribution in [2.75, 3.05) is 13.7 Å². The molecule has 0 amide bonds. The van der Waals surface area contributed by atoms with Gasteiger partial charge in [0.2, 0.25) is 0 Å². The molecular weight excluding hydrogens is 974 g/mol. The molecule has 2 fully saturated rings. The summed E-state index contributed by atoms with van der Waals surface area (Å²) in [5.41, 5.74) is 0.523. The zero-order chi connectivity index (χ0) is 50.5. The van der Waals surface area contributed by atoms with E-state index in [1.54, 1.807) is 66.7 Å². The summed E-state index contributed by atoms with van der Waals surface area (Å²) in [7, 11) is -4.57. The van der Waals surface area contributed by atoms with Gasteiger partial charge in [-0.3, -0.25) is 9.55 Å². The summed E-state index contributed by atoms with van der Waals surface area (Å²) < 4.78 is 94.9. The fraction of sp³-hybridized carbons (Fsp3) is 0.280. The van der Waals surface area contributed by atoms with Crippen LogP contribution in [0.1, 0.15) is 53.9 Å². The summed E-state index contributed by atoms with van der Waals surface area (Å²) in [6.07, 6.45) is -18.2. The van der Waals surface area contributed by atoms with Crippen LogP contribution in [-0.4, -0.2) is 124 Å². The third-order valence-electron chi connectivity index (χ3n) is 10.8. The monoisotopic (exact) mass is 1020 g/mol. The first-order valence-corrected chi connectivity index (χ1v) is 23.1. The smallest absolute Gasteiger partial charge is 0.862 e. The topological polar surface area (TPSA) is 267 Å². The fourth-order valence-electron chi connectivity index (χ4n) is 7.56. The second-order valence-electron chi connectivity index (χ2n) is 15.7. The average Bonchev–Trinajstić information content (AvgIpc) is 3.38. The molecule has 2 aliphatic rings. The second kappa shape index (κ2) is 25.8. The molecule has 5 aromatic rings. The molecule has 2 heterocycles. The quantitative estimate of drug-likeness (QED) is 0.0321. The van der Waals surface area contributed by atoms with Gasteiger partial charge in [0.25, 0.3) is 0 Å². The number of carbonyl (C=O) groups is 5. The van der Waals surface area contributed by atoms with Gasteiger partial charge in [0.05, 0.1) is 36.0 Å². The number of nitrogens with zero attached hydrogens (tertiary/aromatic N) is 1. The van der Waals surface area contributed by atoms with Gasteiger partial charge in [0.15, 0.2) is 37.0 Å². The van der Waals surface area contributed by atoms with Crippen LogP contribution in [0, 0.1) is 0 Å². The van der Waals surface area contributed by atoms with E-state index in [-0.39, 0.29) is 58.4 Å². The zero-order valence-electron chi connectivity index (χ0n) is 38.8. The van der Waals surface area contributed by atoms with Gasteiger partial charge in [0, 0.05) is 0 Å². The molecule has 0 spiro atoms. The number of aliphatic imine (C=N–C) groups is 1. The van der Waals surface area contributed by atoms with Crippen molar-refractivity contribution >= 4 is 46.1 Å². The molecule has 0 saturated carbocycles. The number of rotatable bonds is 18. The predicted octanol–water partition coefficient (Wildman–Crippen LogP) is 1.08. The Morgan fingerprint density at radius 2 is 1.04 bits per heavy atom. The average molecular weight is 1020 g/mol. The van der Waals surface area contributed by atoms with Gasteiger partial charge in [-0.25, -0.2) is 28.2 Å². The fourth-order valence-corrected chi connectivity index (χ4v) is 8.07. The van der Waals surface area contributed by atoms with Gasteiger partial charge in [-0.05, 0) is 66.9 Å². The van der Waals surface area contributed by atoms with Crippen LogP contribution in [0.25, 0.3) is 0 Å². The van der Waals surface area contributed by atoms with Gasteiger partial charge in [-0.15, -0.1) is 0 Å². The molecule has 5 aromatic carbocycles. The Bertz CT molecular complexity index is 2740. The van der Waals surface area contributed by atoms with Crippen LogP contribution >= 0.6 is 0 Å². The van der Waals surface area contributed by atoms with Crippen molar-refractivity contribution in [1.29, 1.82) is 0 Å². The van der Waals surface area contributed by atoms with E-state index in [4.69, 9.17) is 46.8 Å². The molecule has 1 N–H and O–H groups in total. The third kappa shape index (κ3) is 14.6. The molecule has 2 aliphatic heterocycles. The Balaban J connectivity index is 0.00000847. The number of ether oxygens (including phenoxy) is 9. The predicted molar refractivity (Wildman–Crippen MR) is 242 cm³/mol. The second-order valence-corrected chi connectivity index (χ2v) is 16.7. The Labute approximate surface area is 435 Å². The summed E-state index contributed by atoms with van der Waals surface area (Å²) in [5.74, 6) is -6.28. The maximum absolute atomic E-state index is 14.2. The van der Waals surface area contributed by atoms with Crippen molar-refractivity contribution in [3.63, 3.8) is 0 Å². The minimum Gasteiger partial charge on any atom is -0.862 e. The molecule has 72 heavy (non-hydrogen) atoms. The molecular formula is C50H46NNaO19S. The molecule has 22 heteroatoms. The number of hydrogen-bond donors (Lipinski definition) is 1. The van der Waals surface area contributed by atoms with E-state index in [0.717, 1.165) is 14.0 Å². The maximum Gasteiger partial charge on any atom is 1.00 e. The van der Waals surface area contributed by atoms with Crippen molar-refractivity contribution in [2.45, 2.75) is 74.9 Å². The molecule has 0 unspecified atom stereocenters. The molecule has 0 radical (unpaired) electrons. The van der Waals surface area contributed by atoms with Crippen molar-refractivity contribution in [2.24, 2.45) is 4.99 Å². The number of benzene rings is 5. The first-order chi connectivity index (χ1) is 34.2. The van der Waals surface area contributed by atoms with Gasteiger partial charge in [-0.2, -0.15) is 8.42 Å². The largest absolute Gasteiger partial charge is 1.00 e. The summed E-state index contributed by atoms with van der Waals surface area (Å²) in [5, 5.41) is 13.1. The van der Waals surface area contributed by atoms with Crippen LogP contribution in [0.4, 0.5) is 0 Å². The standard InChI is InChI=1S/C50H47NO19S.Na/c1-30(52)51-37-39(38(70-71(58,59)60)36(29-62-44(53)32-20-10-4-11-21-32)64-49(37)63-28-31-18-8-3-9-19-31)68-50-43(67-47(56)35-26-16-7-17-27-35)41(66-46(55)34-24-14-6-15-25-34)40(42(69-50)48(57)61-2)65-45(54)33-22-12-5-13-23-33;/h3-27,36-43,49-50H,28-29H2,1-2H3,(H,51,52)(H,58,59,60);/q;+1/p-1/t36-,37-,38+,39-,40+,41+,42+,43-,49+,50-;/m1./s1. The first-order valence-electron chi connectivity index (χ1n) is 21.8. The van der Waals surface area contributed by atoms with Gasteiger partial charge < -0.3 is 47.7 Å². The van der Waals surface area contributed by atoms with Crippen LogP contribution in [0.15, 0.2) is 157 Å². The van der Waals surface area contributed by atoms with Gasteiger partial charge in [-0.1, -0.05) is 103 Å². The van der Waals surface area contributed by atoms with Gasteiger partial charge >= 0.3 is 69.8 Å². The summed E-state index contributed by atoms with van der Waals surface area (Å²) >= 11 is 0. The van der Waals surface area contributed by atoms with Crippen LogP contribution in [0.2, 0.25) is 0 Å². The van der Waals surface area contributed by atoms with Crippen molar-refractivity contribution in [3.8, 4) is 0 Å². The third-order valence-corrected chi connectivity index (χ3v) is 11.3. The molecule has 7 rings (SSSR count). The van der Waals surface area contributed by atoms with Crippen LogP contribution in [-0.2, 0) is 68.6 Å². The van der Waals surface area contributed by atoms with Gasteiger partial charge in [0.1, 0.15) is 31.0 Å². The SMILES string of the molecule is COC(=O)[C@H]1O[C@@H](O[C@@H]2[C@@H](N=C(C)[O-])[C@@H](OCc3ccccc3)O[C@H](COC(=O)c3ccccc3)[C@@H]2OS(=O)(=O)O)[C@H](OC(=O)c2ccccc2)[C@@H](OC(=O)c2ccccc2)[C@@H]1OC(=O)c1ccccc1.[Na+]. The van der Waals surface area contributed by atoms with E-state index in [1.807, 2.05) is 0 Å². The van der Waals surface area contributed by atoms with E-state index in [2.05, 4.69) is 4.99 Å². The van der Waals surface area contributed by atoms with Crippen molar-refractivity contribution in [3.05, 3.63) is 179 Å². The van der Waals surface area contributed by atoms with E-state index in [0.29, 0.717) is 5.56 Å². The molecule has 372 valence electrons. The molecule has 0 bridgehead atoms. The maximum atomic E-state index is 14.2. The summed E-state index contributed by atoms with van der Waals surface area (Å²) in [4.78, 5) is 73.5. The normalized spacial score (nSPS) is 24.1. The summed E-state index contributed by atoms with van der Waals surface area (Å²) in [6, 6.07) is 36.7. The molecule has 2 saturated heterocycles. The van der Waals surface area contributed by atoms with Crippen molar-refractivity contribution < 1.29 is 118 Å². The number of hydrogen-bond acceptors (Lipinski definition) is 19. The minimum atomic E-state index is -5.54. The zero-order valence-corrected chi connectivity index (χ0v) is 41.6. The van der Waals surface area contributed by atoms with E-state index in [1.165, 1.54) is 84.9 Å². The number of esters is 5. The summed E-state index contributed by atoms with van der Waals surface area (Å²) in [6.45, 7) is -0.0171. The Morgan fingerprint density at radius 1 is 0.597 bits per heavy atom. The van der Waals surface area contributed by atoms with Crippen molar-refractivity contribution in [1.82, 2.24) is 0 Å². The number of methoxy groups -OCH3 is 1. The van der Waals surface area contributed by atoms with E-state index < -0.39 is 114 Å². The van der Waals surface area contributed by atoms with E-state index in [9.17, 15) is 42.0 Å². The Kier molecular flexibility index (Phi) is 19.7. The molecule has 10 atom stereocenters. The Hall–Kier alpha value is -6.37. The first kappa shape index (κ1) is 55.0. The minimum absolute atomic E-state index is 0. The van der Waals surface area contributed by atoms with E-state index >= 15 is 0 Å². The molecule has 20 nitrogen and oxygen atoms in total. The molecule has 0 aliphatic carbocycles.